The molecule has 0 spiro atoms. The number of para-hydroxylation sites is 1. The van der Waals surface area contributed by atoms with Crippen molar-refractivity contribution < 1.29 is 9.69 Å². The average molecular weight is 338 g/mol. The van der Waals surface area contributed by atoms with E-state index >= 15 is 0 Å². The summed E-state index contributed by atoms with van der Waals surface area (Å²) in [5.74, 6) is -0.110. The third-order valence-electron chi connectivity index (χ3n) is 3.44. The Labute approximate surface area is 140 Å². The molecule has 0 radical (unpaired) electrons. The Morgan fingerprint density at radius 2 is 1.73 bits per heavy atom. The van der Waals surface area contributed by atoms with Crippen molar-refractivity contribution in [1.82, 2.24) is 0 Å². The number of hydrogen-bond acceptors (Lipinski definition) is 1. The SMILES string of the molecule is Cc1ccccc1C[NH+](C)CC(=O)Nc1c(Cl)cccc1Cl. The van der Waals surface area contributed by atoms with E-state index in [1.165, 1.54) is 11.1 Å². The minimum absolute atomic E-state index is 0.110. The van der Waals surface area contributed by atoms with Gasteiger partial charge >= 0.3 is 0 Å². The molecular formula is C17H19Cl2N2O+. The summed E-state index contributed by atoms with van der Waals surface area (Å²) in [6, 6.07) is 13.3. The number of amides is 1. The second-order valence-electron chi connectivity index (χ2n) is 5.38. The first kappa shape index (κ1) is 16.8. The molecule has 1 amide bonds. The molecule has 0 saturated carbocycles. The highest BCUT2D eigenvalue weighted by Gasteiger charge is 2.14. The number of hydrogen-bond donors (Lipinski definition) is 2. The largest absolute Gasteiger partial charge is 0.326 e. The maximum absolute atomic E-state index is 12.2. The Morgan fingerprint density at radius 3 is 2.36 bits per heavy atom. The lowest BCUT2D eigenvalue weighted by Gasteiger charge is -2.16. The lowest BCUT2D eigenvalue weighted by atomic mass is 10.1. The number of likely N-dealkylation sites (N-methyl/N-ethyl adjacent to an activating group) is 1. The average Bonchev–Trinajstić information content (AvgIpc) is 2.45. The van der Waals surface area contributed by atoms with Gasteiger partial charge in [0.25, 0.3) is 5.91 Å². The molecule has 0 aromatic heterocycles. The first-order chi connectivity index (χ1) is 10.5. The van der Waals surface area contributed by atoms with E-state index in [9.17, 15) is 4.79 Å². The fourth-order valence-electron chi connectivity index (χ4n) is 2.27. The summed E-state index contributed by atoms with van der Waals surface area (Å²) in [6.45, 7) is 3.21. The summed E-state index contributed by atoms with van der Waals surface area (Å²) in [4.78, 5) is 13.2. The summed E-state index contributed by atoms with van der Waals surface area (Å²) in [6.07, 6.45) is 0. The van der Waals surface area contributed by atoms with Gasteiger partial charge in [-0.25, -0.2) is 0 Å². The van der Waals surface area contributed by atoms with Crippen LogP contribution < -0.4 is 10.2 Å². The maximum Gasteiger partial charge on any atom is 0.279 e. The Morgan fingerprint density at radius 1 is 1.09 bits per heavy atom. The van der Waals surface area contributed by atoms with E-state index in [1.807, 2.05) is 19.2 Å². The van der Waals surface area contributed by atoms with Gasteiger partial charge in [-0.1, -0.05) is 53.5 Å². The van der Waals surface area contributed by atoms with Crippen LogP contribution in [0.25, 0.3) is 0 Å². The lowest BCUT2D eigenvalue weighted by Crippen LogP contribution is -3.08. The predicted molar refractivity (Wildman–Crippen MR) is 91.7 cm³/mol. The summed E-state index contributed by atoms with van der Waals surface area (Å²) < 4.78 is 0. The first-order valence-electron chi connectivity index (χ1n) is 7.07. The van der Waals surface area contributed by atoms with Crippen molar-refractivity contribution in [2.24, 2.45) is 0 Å². The third kappa shape index (κ3) is 4.47. The van der Waals surface area contributed by atoms with Crippen molar-refractivity contribution in [2.75, 3.05) is 18.9 Å². The zero-order valence-electron chi connectivity index (χ0n) is 12.6. The monoisotopic (exact) mass is 337 g/mol. The van der Waals surface area contributed by atoms with Crippen LogP contribution in [0.3, 0.4) is 0 Å². The van der Waals surface area contributed by atoms with Crippen molar-refractivity contribution in [1.29, 1.82) is 0 Å². The van der Waals surface area contributed by atoms with Crippen LogP contribution in [-0.2, 0) is 11.3 Å². The van der Waals surface area contributed by atoms with E-state index in [0.29, 0.717) is 22.3 Å². The fourth-order valence-corrected chi connectivity index (χ4v) is 2.76. The van der Waals surface area contributed by atoms with Gasteiger partial charge in [0.2, 0.25) is 0 Å². The molecule has 3 nitrogen and oxygen atoms in total. The number of quaternary nitrogens is 1. The lowest BCUT2D eigenvalue weighted by molar-refractivity contribution is -0.885. The Kier molecular flexibility index (Phi) is 5.83. The minimum atomic E-state index is -0.110. The molecule has 5 heteroatoms. The molecule has 116 valence electrons. The van der Waals surface area contributed by atoms with Crippen molar-refractivity contribution in [3.8, 4) is 0 Å². The van der Waals surface area contributed by atoms with Gasteiger partial charge in [-0.3, -0.25) is 4.79 Å². The van der Waals surface area contributed by atoms with Crippen LogP contribution in [0.5, 0.6) is 0 Å². The summed E-state index contributed by atoms with van der Waals surface area (Å²) in [7, 11) is 1.99. The molecule has 0 aliphatic rings. The van der Waals surface area contributed by atoms with Gasteiger partial charge in [0.1, 0.15) is 6.54 Å². The number of halogens is 2. The Hall–Kier alpha value is -1.55. The Balaban J connectivity index is 1.96. The van der Waals surface area contributed by atoms with E-state index in [-0.39, 0.29) is 5.91 Å². The maximum atomic E-state index is 12.2. The van der Waals surface area contributed by atoms with Crippen LogP contribution in [0, 0.1) is 6.92 Å². The van der Waals surface area contributed by atoms with Gasteiger partial charge in [0.15, 0.2) is 6.54 Å². The number of benzene rings is 2. The molecule has 2 rings (SSSR count). The van der Waals surface area contributed by atoms with Crippen molar-refractivity contribution in [2.45, 2.75) is 13.5 Å². The van der Waals surface area contributed by atoms with Crippen LogP contribution in [0.1, 0.15) is 11.1 Å². The normalized spacial score (nSPS) is 12.0. The van der Waals surface area contributed by atoms with Crippen LogP contribution in [0.4, 0.5) is 5.69 Å². The predicted octanol–water partition coefficient (Wildman–Crippen LogP) is 2.96. The van der Waals surface area contributed by atoms with Crippen molar-refractivity contribution in [3.63, 3.8) is 0 Å². The van der Waals surface area contributed by atoms with Gasteiger partial charge in [-0.15, -0.1) is 0 Å². The molecule has 1 unspecified atom stereocenters. The van der Waals surface area contributed by atoms with E-state index in [0.717, 1.165) is 11.4 Å². The van der Waals surface area contributed by atoms with Gasteiger partial charge in [0, 0.05) is 5.56 Å². The number of rotatable bonds is 5. The highest BCUT2D eigenvalue weighted by Crippen LogP contribution is 2.29. The third-order valence-corrected chi connectivity index (χ3v) is 4.07. The van der Waals surface area contributed by atoms with E-state index in [1.54, 1.807) is 18.2 Å². The molecular weight excluding hydrogens is 319 g/mol. The fraction of sp³-hybridized carbons (Fsp3) is 0.235. The van der Waals surface area contributed by atoms with Crippen LogP contribution in [-0.4, -0.2) is 19.5 Å². The van der Waals surface area contributed by atoms with Crippen LogP contribution in [0.2, 0.25) is 10.0 Å². The molecule has 2 aromatic rings. The minimum Gasteiger partial charge on any atom is -0.326 e. The van der Waals surface area contributed by atoms with Crippen molar-refractivity contribution in [3.05, 3.63) is 63.6 Å². The standard InChI is InChI=1S/C17H18Cl2N2O/c1-12-6-3-4-7-13(12)10-21(2)11-16(22)20-17-14(18)8-5-9-15(17)19/h3-9H,10-11H2,1-2H3,(H,20,22)/p+1. The number of carbonyl (C=O) groups is 1. The Bertz CT molecular complexity index is 653. The van der Waals surface area contributed by atoms with Gasteiger partial charge in [-0.2, -0.15) is 0 Å². The molecule has 22 heavy (non-hydrogen) atoms. The number of anilines is 1. The van der Waals surface area contributed by atoms with Crippen LogP contribution in [0.15, 0.2) is 42.5 Å². The molecule has 0 fully saturated rings. The topological polar surface area (TPSA) is 33.5 Å². The van der Waals surface area contributed by atoms with Gasteiger partial charge in [-0.05, 0) is 24.6 Å². The molecule has 0 bridgehead atoms. The molecule has 0 heterocycles. The number of aryl methyl sites for hydroxylation is 1. The second kappa shape index (κ2) is 7.63. The first-order valence-corrected chi connectivity index (χ1v) is 7.82. The molecule has 2 N–H and O–H groups in total. The highest BCUT2D eigenvalue weighted by atomic mass is 35.5. The molecule has 0 saturated heterocycles. The molecule has 1 atom stereocenters. The van der Waals surface area contributed by atoms with Gasteiger partial charge < -0.3 is 10.2 Å². The molecule has 2 aromatic carbocycles. The number of carbonyl (C=O) groups excluding carboxylic acids is 1. The highest BCUT2D eigenvalue weighted by molar-refractivity contribution is 6.39. The summed E-state index contributed by atoms with van der Waals surface area (Å²) >= 11 is 12.1. The smallest absolute Gasteiger partial charge is 0.279 e. The van der Waals surface area contributed by atoms with E-state index in [2.05, 4.69) is 24.4 Å². The van der Waals surface area contributed by atoms with Gasteiger partial charge in [0.05, 0.1) is 22.8 Å². The molecule has 0 aliphatic carbocycles. The van der Waals surface area contributed by atoms with Crippen molar-refractivity contribution >= 4 is 34.8 Å². The summed E-state index contributed by atoms with van der Waals surface area (Å²) in [5, 5.41) is 3.67. The quantitative estimate of drug-likeness (QED) is 0.864. The van der Waals surface area contributed by atoms with Crippen LogP contribution >= 0.6 is 23.2 Å². The summed E-state index contributed by atoms with van der Waals surface area (Å²) in [5.41, 5.74) is 2.94. The molecule has 0 aliphatic heterocycles. The zero-order chi connectivity index (χ0) is 16.1. The van der Waals surface area contributed by atoms with E-state index in [4.69, 9.17) is 23.2 Å². The van der Waals surface area contributed by atoms with E-state index < -0.39 is 0 Å². The second-order valence-corrected chi connectivity index (χ2v) is 6.20. The zero-order valence-corrected chi connectivity index (χ0v) is 14.1. The number of nitrogens with one attached hydrogen (secondary N) is 2.